The number of nitrogens with zero attached hydrogens (tertiary/aromatic N) is 6. The van der Waals surface area contributed by atoms with Gasteiger partial charge in [-0.15, -0.1) is 0 Å². The van der Waals surface area contributed by atoms with Crippen LogP contribution in [0.3, 0.4) is 0 Å². The molecule has 0 bridgehead atoms. The Labute approximate surface area is 248 Å². The summed E-state index contributed by atoms with van der Waals surface area (Å²) < 4.78 is 44.8. The van der Waals surface area contributed by atoms with Crippen molar-refractivity contribution in [1.82, 2.24) is 29.3 Å². The summed E-state index contributed by atoms with van der Waals surface area (Å²) in [5.41, 5.74) is 0.472. The molecule has 3 aliphatic rings. The van der Waals surface area contributed by atoms with Crippen LogP contribution in [-0.4, -0.2) is 86.2 Å². The van der Waals surface area contributed by atoms with Gasteiger partial charge >= 0.3 is 0 Å². The van der Waals surface area contributed by atoms with Crippen molar-refractivity contribution in [3.8, 4) is 0 Å². The number of aliphatic hydroxyl groups is 1. The highest BCUT2D eigenvalue weighted by Gasteiger charge is 2.33. The van der Waals surface area contributed by atoms with Crippen molar-refractivity contribution in [2.75, 3.05) is 50.5 Å². The first-order valence-corrected chi connectivity index (χ1v) is 15.3. The lowest BCUT2D eigenvalue weighted by molar-refractivity contribution is -0.138. The van der Waals surface area contributed by atoms with Crippen LogP contribution in [-0.2, 0) is 4.79 Å². The van der Waals surface area contributed by atoms with Crippen LogP contribution in [0.25, 0.3) is 11.2 Å². The Morgan fingerprint density at radius 3 is 2.28 bits per heavy atom. The second kappa shape index (κ2) is 12.7. The van der Waals surface area contributed by atoms with Gasteiger partial charge < -0.3 is 25.5 Å². The summed E-state index contributed by atoms with van der Waals surface area (Å²) in [4.78, 5) is 31.3. The fourth-order valence-corrected chi connectivity index (χ4v) is 6.71. The molecule has 43 heavy (non-hydrogen) atoms. The first-order valence-electron chi connectivity index (χ1n) is 15.3. The molecule has 1 saturated heterocycles. The van der Waals surface area contributed by atoms with Crippen LogP contribution in [0, 0.1) is 29.3 Å². The van der Waals surface area contributed by atoms with Crippen molar-refractivity contribution in [2.24, 2.45) is 11.8 Å². The van der Waals surface area contributed by atoms with E-state index in [1.54, 1.807) is 6.20 Å². The van der Waals surface area contributed by atoms with E-state index in [-0.39, 0.29) is 36.5 Å². The molecule has 2 aliphatic carbocycles. The molecule has 1 aliphatic heterocycles. The van der Waals surface area contributed by atoms with Gasteiger partial charge in [0.15, 0.2) is 17.3 Å². The third-order valence-electron chi connectivity index (χ3n) is 9.34. The molecule has 232 valence electrons. The zero-order valence-electron chi connectivity index (χ0n) is 24.4. The van der Waals surface area contributed by atoms with Crippen molar-refractivity contribution in [1.29, 1.82) is 0 Å². The van der Waals surface area contributed by atoms with E-state index in [1.807, 2.05) is 9.47 Å². The predicted octanol–water partition coefficient (Wildman–Crippen LogP) is 4.46. The monoisotopic (exact) mass is 600 g/mol. The number of likely N-dealkylation sites (N-methyl/N-ethyl adjacent to an activating group) is 1. The third-order valence-corrected chi connectivity index (χ3v) is 9.34. The number of hydrogen-bond acceptors (Lipinski definition) is 8. The number of nitrogens with one attached hydrogen (secondary N) is 2. The predicted molar refractivity (Wildman–Crippen MR) is 156 cm³/mol. The van der Waals surface area contributed by atoms with Gasteiger partial charge in [0.25, 0.3) is 0 Å². The number of benzene rings is 1. The summed E-state index contributed by atoms with van der Waals surface area (Å²) in [5, 5.41) is 15.6. The number of amides is 1. The minimum atomic E-state index is -1.07. The summed E-state index contributed by atoms with van der Waals surface area (Å²) in [6, 6.07) is 1.30. The van der Waals surface area contributed by atoms with Crippen molar-refractivity contribution >= 4 is 34.7 Å². The number of imidazole rings is 1. The SMILES string of the molecule is CN1CCN(C(=O)C2CCC(n3c(Nc4c(F)cc(F)cc4F)nc4cnc(NC5CCC(CO)CC5)nc43)CC2)CC1. The number of halogens is 3. The normalized spacial score (nSPS) is 25.2. The van der Waals surface area contributed by atoms with Gasteiger partial charge in [-0.1, -0.05) is 0 Å². The number of fused-ring (bicyclic) bond motifs is 1. The van der Waals surface area contributed by atoms with Crippen molar-refractivity contribution < 1.29 is 23.1 Å². The molecule has 1 aromatic carbocycles. The van der Waals surface area contributed by atoms with Crippen LogP contribution >= 0.6 is 0 Å². The number of carbonyl (C=O) groups excluding carboxylic acids is 1. The van der Waals surface area contributed by atoms with Crippen LogP contribution < -0.4 is 10.6 Å². The number of anilines is 3. The van der Waals surface area contributed by atoms with Crippen LogP contribution in [0.4, 0.5) is 30.8 Å². The Kier molecular flexibility index (Phi) is 8.71. The van der Waals surface area contributed by atoms with E-state index < -0.39 is 23.1 Å². The van der Waals surface area contributed by atoms with Crippen molar-refractivity contribution in [3.05, 3.63) is 35.8 Å². The molecule has 2 saturated carbocycles. The first kappa shape index (κ1) is 29.6. The summed E-state index contributed by atoms with van der Waals surface area (Å²) in [7, 11) is 2.06. The summed E-state index contributed by atoms with van der Waals surface area (Å²) >= 11 is 0. The molecule has 2 aromatic heterocycles. The Morgan fingerprint density at radius 2 is 1.63 bits per heavy atom. The lowest BCUT2D eigenvalue weighted by Crippen LogP contribution is -2.49. The highest BCUT2D eigenvalue weighted by molar-refractivity contribution is 5.79. The Hall–Kier alpha value is -3.45. The van der Waals surface area contributed by atoms with E-state index in [0.29, 0.717) is 60.8 Å². The fourth-order valence-electron chi connectivity index (χ4n) is 6.71. The highest BCUT2D eigenvalue weighted by atomic mass is 19.1. The molecule has 3 N–H and O–H groups in total. The molecule has 0 spiro atoms. The third kappa shape index (κ3) is 6.42. The highest BCUT2D eigenvalue weighted by Crippen LogP contribution is 2.38. The van der Waals surface area contributed by atoms with Crippen molar-refractivity contribution in [3.63, 3.8) is 0 Å². The largest absolute Gasteiger partial charge is 0.396 e. The average Bonchev–Trinajstić information content (AvgIpc) is 3.36. The number of aliphatic hydroxyl groups excluding tert-OH is 1. The molecule has 1 amide bonds. The topological polar surface area (TPSA) is 111 Å². The zero-order valence-corrected chi connectivity index (χ0v) is 24.4. The summed E-state index contributed by atoms with van der Waals surface area (Å²) in [6.07, 6.45) is 7.91. The molecular weight excluding hydrogens is 561 g/mol. The van der Waals surface area contributed by atoms with Gasteiger partial charge in [0.1, 0.15) is 17.0 Å². The van der Waals surface area contributed by atoms with E-state index in [0.717, 1.165) is 51.9 Å². The molecule has 3 fully saturated rings. The molecule has 3 aromatic rings. The molecule has 13 heteroatoms. The summed E-state index contributed by atoms with van der Waals surface area (Å²) in [5.74, 6) is -2.07. The quantitative estimate of drug-likeness (QED) is 0.365. The Balaban J connectivity index is 1.26. The van der Waals surface area contributed by atoms with Crippen LogP contribution in [0.2, 0.25) is 0 Å². The Morgan fingerprint density at radius 1 is 0.953 bits per heavy atom. The molecule has 6 rings (SSSR count). The maximum atomic E-state index is 14.7. The molecule has 0 atom stereocenters. The van der Waals surface area contributed by atoms with Crippen LogP contribution in [0.1, 0.15) is 57.4 Å². The second-order valence-electron chi connectivity index (χ2n) is 12.3. The Bertz CT molecular complexity index is 1420. The number of rotatable bonds is 7. The standard InChI is InChI=1S/C30H39F3N8O2/c1-39-10-12-40(13-11-39)28(43)19-4-8-22(9-5-19)41-27-25(36-30(41)37-26-23(32)14-20(31)15-24(26)33)16-34-29(38-27)35-21-6-2-18(17-42)3-7-21/h14-16,18-19,21-22,42H,2-13,17H2,1H3,(H,36,37)(H,34,35,38). The maximum absolute atomic E-state index is 14.7. The van der Waals surface area contributed by atoms with Crippen LogP contribution in [0.5, 0.6) is 0 Å². The summed E-state index contributed by atoms with van der Waals surface area (Å²) in [6.45, 7) is 3.40. The van der Waals surface area contributed by atoms with Gasteiger partial charge in [-0.3, -0.25) is 9.36 Å². The lowest BCUT2D eigenvalue weighted by atomic mass is 9.85. The van der Waals surface area contributed by atoms with E-state index in [9.17, 15) is 23.1 Å². The number of hydrogen-bond donors (Lipinski definition) is 3. The first-order chi connectivity index (χ1) is 20.8. The minimum absolute atomic E-state index is 0.0706. The van der Waals surface area contributed by atoms with Gasteiger partial charge in [-0.05, 0) is 64.3 Å². The fraction of sp³-hybridized carbons (Fsp3) is 0.600. The minimum Gasteiger partial charge on any atom is -0.396 e. The van der Waals surface area contributed by atoms with E-state index in [4.69, 9.17) is 4.98 Å². The van der Waals surface area contributed by atoms with Gasteiger partial charge in [0, 0.05) is 62.9 Å². The number of carbonyl (C=O) groups is 1. The smallest absolute Gasteiger partial charge is 0.225 e. The van der Waals surface area contributed by atoms with Crippen molar-refractivity contribution in [2.45, 2.75) is 63.5 Å². The molecule has 0 unspecified atom stereocenters. The lowest BCUT2D eigenvalue weighted by Gasteiger charge is -2.37. The van der Waals surface area contributed by atoms with E-state index in [1.165, 1.54) is 0 Å². The average molecular weight is 601 g/mol. The number of aromatic nitrogens is 4. The molecule has 0 radical (unpaired) electrons. The van der Waals surface area contributed by atoms with E-state index in [2.05, 4.69) is 32.5 Å². The zero-order chi connectivity index (χ0) is 30.1. The molecule has 10 nitrogen and oxygen atoms in total. The molecule has 3 heterocycles. The van der Waals surface area contributed by atoms with E-state index >= 15 is 0 Å². The van der Waals surface area contributed by atoms with Crippen LogP contribution in [0.15, 0.2) is 18.3 Å². The van der Waals surface area contributed by atoms with Gasteiger partial charge in [0.2, 0.25) is 17.8 Å². The van der Waals surface area contributed by atoms with Gasteiger partial charge in [0.05, 0.1) is 6.20 Å². The van der Waals surface area contributed by atoms with Gasteiger partial charge in [-0.25, -0.2) is 23.1 Å². The van der Waals surface area contributed by atoms with Gasteiger partial charge in [-0.2, -0.15) is 4.98 Å². The maximum Gasteiger partial charge on any atom is 0.225 e. The second-order valence-corrected chi connectivity index (χ2v) is 12.3. The number of piperazine rings is 1. The molecular formula is C30H39F3N8O2.